The van der Waals surface area contributed by atoms with Gasteiger partial charge < -0.3 is 14.2 Å². The molecule has 0 radical (unpaired) electrons. The number of rotatable bonds is 8. The van der Waals surface area contributed by atoms with Crippen LogP contribution in [0.4, 0.5) is 0 Å². The number of ether oxygens (including phenoxy) is 3. The van der Waals surface area contributed by atoms with Gasteiger partial charge in [-0.15, -0.1) is 0 Å². The maximum Gasteiger partial charge on any atom is 0.159 e. The average Bonchev–Trinajstić information content (AvgIpc) is 2.75. The number of methoxy groups -OCH3 is 1. The Labute approximate surface area is 191 Å². The van der Waals surface area contributed by atoms with Gasteiger partial charge in [0.15, 0.2) is 5.78 Å². The maximum atomic E-state index is 11.7. The van der Waals surface area contributed by atoms with E-state index in [0.717, 1.165) is 11.3 Å². The second kappa shape index (κ2) is 9.90. The molecule has 0 aromatic heterocycles. The Balaban J connectivity index is 1.72. The monoisotopic (exact) mass is 432 g/mol. The van der Waals surface area contributed by atoms with Gasteiger partial charge in [-0.3, -0.25) is 4.79 Å². The van der Waals surface area contributed by atoms with E-state index in [0.29, 0.717) is 30.3 Å². The predicted molar refractivity (Wildman–Crippen MR) is 128 cm³/mol. The van der Waals surface area contributed by atoms with E-state index in [4.69, 9.17) is 14.2 Å². The highest BCUT2D eigenvalue weighted by molar-refractivity contribution is 5.94. The summed E-state index contributed by atoms with van der Waals surface area (Å²) >= 11 is 0. The molecule has 0 atom stereocenters. The zero-order chi connectivity index (χ0) is 23.3. The molecule has 0 unspecified atom stereocenters. The highest BCUT2D eigenvalue weighted by atomic mass is 16.5. The van der Waals surface area contributed by atoms with Crippen molar-refractivity contribution < 1.29 is 19.0 Å². The summed E-state index contributed by atoms with van der Waals surface area (Å²) in [6, 6.07) is 19.3. The first-order valence-corrected chi connectivity index (χ1v) is 10.8. The standard InChI is InChI=1S/C28H32O4/c1-19-9-7-10-22(27(19)28(3,4)5)17-31-24-11-8-12-25(16-24)32-18-23-15-21(20(2)29)13-14-26(23)30-6/h7-16H,17-18H2,1-6H3. The van der Waals surface area contributed by atoms with Crippen molar-refractivity contribution in [2.24, 2.45) is 0 Å². The van der Waals surface area contributed by atoms with Crippen molar-refractivity contribution >= 4 is 5.78 Å². The number of carbonyl (C=O) groups excluding carboxylic acids is 1. The van der Waals surface area contributed by atoms with Crippen LogP contribution in [0, 0.1) is 6.92 Å². The van der Waals surface area contributed by atoms with E-state index < -0.39 is 0 Å². The van der Waals surface area contributed by atoms with E-state index >= 15 is 0 Å². The van der Waals surface area contributed by atoms with Gasteiger partial charge in [-0.2, -0.15) is 0 Å². The molecular formula is C28H32O4. The smallest absolute Gasteiger partial charge is 0.159 e. The van der Waals surface area contributed by atoms with Crippen LogP contribution in [0.15, 0.2) is 60.7 Å². The third-order valence-corrected chi connectivity index (χ3v) is 5.39. The Morgan fingerprint density at radius 3 is 2.06 bits per heavy atom. The van der Waals surface area contributed by atoms with E-state index in [1.54, 1.807) is 26.2 Å². The van der Waals surface area contributed by atoms with E-state index in [1.165, 1.54) is 16.7 Å². The summed E-state index contributed by atoms with van der Waals surface area (Å²) in [6.07, 6.45) is 0. The van der Waals surface area contributed by atoms with Crippen LogP contribution >= 0.6 is 0 Å². The molecule has 4 heteroatoms. The van der Waals surface area contributed by atoms with Gasteiger partial charge in [-0.25, -0.2) is 0 Å². The molecule has 0 spiro atoms. The fourth-order valence-corrected chi connectivity index (χ4v) is 4.01. The minimum atomic E-state index is 0.00933. The van der Waals surface area contributed by atoms with Gasteiger partial charge in [0.2, 0.25) is 0 Å². The second-order valence-electron chi connectivity index (χ2n) is 8.99. The van der Waals surface area contributed by atoms with Crippen molar-refractivity contribution in [3.05, 3.63) is 88.5 Å². The first-order valence-electron chi connectivity index (χ1n) is 10.8. The lowest BCUT2D eigenvalue weighted by atomic mass is 9.81. The summed E-state index contributed by atoms with van der Waals surface area (Å²) in [4.78, 5) is 11.7. The molecule has 0 saturated heterocycles. The Bertz CT molecular complexity index is 1090. The normalized spacial score (nSPS) is 11.2. The summed E-state index contributed by atoms with van der Waals surface area (Å²) in [5.74, 6) is 2.14. The molecule has 32 heavy (non-hydrogen) atoms. The van der Waals surface area contributed by atoms with Gasteiger partial charge in [-0.05, 0) is 66.3 Å². The Morgan fingerprint density at radius 2 is 1.47 bits per heavy atom. The fourth-order valence-electron chi connectivity index (χ4n) is 4.01. The van der Waals surface area contributed by atoms with Crippen molar-refractivity contribution in [2.75, 3.05) is 7.11 Å². The molecular weight excluding hydrogens is 400 g/mol. The molecule has 0 amide bonds. The summed E-state index contributed by atoms with van der Waals surface area (Å²) in [6.45, 7) is 11.2. The SMILES string of the molecule is COc1ccc(C(C)=O)cc1COc1cccc(OCc2cccc(C)c2C(C)(C)C)c1. The minimum absolute atomic E-state index is 0.00933. The van der Waals surface area contributed by atoms with Gasteiger partial charge >= 0.3 is 0 Å². The fraction of sp³-hybridized carbons (Fsp3) is 0.321. The van der Waals surface area contributed by atoms with Crippen LogP contribution in [0.5, 0.6) is 17.2 Å². The minimum Gasteiger partial charge on any atom is -0.496 e. The third-order valence-electron chi connectivity index (χ3n) is 5.39. The Hall–Kier alpha value is -3.27. The number of ketones is 1. The molecule has 0 aliphatic heterocycles. The molecule has 4 nitrogen and oxygen atoms in total. The molecule has 168 valence electrons. The number of carbonyl (C=O) groups is 1. The van der Waals surface area contributed by atoms with Crippen molar-refractivity contribution in [3.63, 3.8) is 0 Å². The highest BCUT2D eigenvalue weighted by Crippen LogP contribution is 2.30. The van der Waals surface area contributed by atoms with Gasteiger partial charge in [0.25, 0.3) is 0 Å². The van der Waals surface area contributed by atoms with Gasteiger partial charge in [0.1, 0.15) is 30.5 Å². The highest BCUT2D eigenvalue weighted by Gasteiger charge is 2.20. The average molecular weight is 433 g/mol. The van der Waals surface area contributed by atoms with E-state index in [-0.39, 0.29) is 11.2 Å². The van der Waals surface area contributed by atoms with Crippen LogP contribution in [0.2, 0.25) is 0 Å². The molecule has 3 rings (SSSR count). The Kier molecular flexibility index (Phi) is 7.24. The maximum absolute atomic E-state index is 11.7. The van der Waals surface area contributed by atoms with Crippen molar-refractivity contribution in [1.82, 2.24) is 0 Å². The summed E-state index contributed by atoms with van der Waals surface area (Å²) < 4.78 is 17.5. The summed E-state index contributed by atoms with van der Waals surface area (Å²) in [7, 11) is 1.61. The first-order chi connectivity index (χ1) is 15.2. The van der Waals surface area contributed by atoms with Crippen LogP contribution in [-0.2, 0) is 18.6 Å². The van der Waals surface area contributed by atoms with Crippen molar-refractivity contribution in [1.29, 1.82) is 0 Å². The van der Waals surface area contributed by atoms with Gasteiger partial charge in [-0.1, -0.05) is 45.0 Å². The molecule has 0 bridgehead atoms. The van der Waals surface area contributed by atoms with Crippen LogP contribution in [0.25, 0.3) is 0 Å². The molecule has 0 heterocycles. The third kappa shape index (κ3) is 5.70. The lowest BCUT2D eigenvalue weighted by Gasteiger charge is -2.25. The van der Waals surface area contributed by atoms with Crippen molar-refractivity contribution in [3.8, 4) is 17.2 Å². The van der Waals surface area contributed by atoms with Crippen molar-refractivity contribution in [2.45, 2.75) is 53.2 Å². The van der Waals surface area contributed by atoms with Gasteiger partial charge in [0.05, 0.1) is 7.11 Å². The summed E-state index contributed by atoms with van der Waals surface area (Å²) in [5.41, 5.74) is 5.29. The van der Waals surface area contributed by atoms with E-state index in [2.05, 4.69) is 45.9 Å². The van der Waals surface area contributed by atoms with E-state index in [1.807, 2.05) is 30.3 Å². The number of aryl methyl sites for hydroxylation is 1. The Morgan fingerprint density at radius 1 is 0.844 bits per heavy atom. The quantitative estimate of drug-likeness (QED) is 0.373. The molecule has 0 N–H and O–H groups in total. The first kappa shape index (κ1) is 23.4. The lowest BCUT2D eigenvalue weighted by molar-refractivity contribution is 0.101. The zero-order valence-electron chi connectivity index (χ0n) is 19.8. The second-order valence-corrected chi connectivity index (χ2v) is 8.99. The largest absolute Gasteiger partial charge is 0.496 e. The molecule has 0 saturated carbocycles. The number of Topliss-reactive ketones (excluding diaryl/α,β-unsaturated/α-hetero) is 1. The predicted octanol–water partition coefficient (Wildman–Crippen LogP) is 6.66. The molecule has 0 aliphatic carbocycles. The van der Waals surface area contributed by atoms with Gasteiger partial charge in [0, 0.05) is 17.2 Å². The molecule has 0 aliphatic rings. The zero-order valence-corrected chi connectivity index (χ0v) is 19.8. The summed E-state index contributed by atoms with van der Waals surface area (Å²) in [5, 5.41) is 0. The van der Waals surface area contributed by atoms with Crippen LogP contribution in [0.1, 0.15) is 60.3 Å². The number of benzene rings is 3. The lowest BCUT2D eigenvalue weighted by Crippen LogP contribution is -2.17. The molecule has 0 fully saturated rings. The molecule has 3 aromatic rings. The number of hydrogen-bond donors (Lipinski definition) is 0. The van der Waals surface area contributed by atoms with Crippen LogP contribution in [0.3, 0.4) is 0 Å². The number of hydrogen-bond acceptors (Lipinski definition) is 4. The van der Waals surface area contributed by atoms with Crippen LogP contribution in [-0.4, -0.2) is 12.9 Å². The topological polar surface area (TPSA) is 44.8 Å². The van der Waals surface area contributed by atoms with Crippen LogP contribution < -0.4 is 14.2 Å². The van der Waals surface area contributed by atoms with E-state index in [9.17, 15) is 4.79 Å². The molecule has 3 aromatic carbocycles.